The Labute approximate surface area is 196 Å². The van der Waals surface area contributed by atoms with Crippen molar-refractivity contribution in [3.8, 4) is 0 Å². The van der Waals surface area contributed by atoms with Crippen LogP contribution in [0.25, 0.3) is 0 Å². The molecule has 4 heterocycles. The number of amides is 2. The Morgan fingerprint density at radius 1 is 0.939 bits per heavy atom. The molecule has 176 valence electrons. The Balaban J connectivity index is 1.33. The molecule has 2 aromatic rings. The summed E-state index contributed by atoms with van der Waals surface area (Å²) in [6.45, 7) is 5.87. The van der Waals surface area contributed by atoms with Crippen molar-refractivity contribution in [2.75, 3.05) is 50.7 Å². The van der Waals surface area contributed by atoms with E-state index in [9.17, 15) is 9.59 Å². The largest absolute Gasteiger partial charge is 0.356 e. The fraction of sp³-hybridized carbons (Fsp3) is 0.520. The molecule has 0 aliphatic carbocycles. The lowest BCUT2D eigenvalue weighted by atomic mass is 9.97. The summed E-state index contributed by atoms with van der Waals surface area (Å²) in [5.41, 5.74) is 1.01. The molecule has 2 fully saturated rings. The summed E-state index contributed by atoms with van der Waals surface area (Å²) in [5, 5.41) is 3.01. The predicted octanol–water partition coefficient (Wildman–Crippen LogP) is 1.93. The Hall–Kier alpha value is -3.00. The highest BCUT2D eigenvalue weighted by molar-refractivity contribution is 5.79. The van der Waals surface area contributed by atoms with Crippen LogP contribution in [-0.4, -0.2) is 77.4 Å². The Kier molecular flexibility index (Phi) is 8.24. The second-order valence-corrected chi connectivity index (χ2v) is 8.83. The van der Waals surface area contributed by atoms with Gasteiger partial charge in [0.1, 0.15) is 5.82 Å². The summed E-state index contributed by atoms with van der Waals surface area (Å²) in [7, 11) is 0. The van der Waals surface area contributed by atoms with Crippen LogP contribution in [-0.2, 0) is 16.1 Å². The van der Waals surface area contributed by atoms with Crippen LogP contribution in [0, 0.1) is 5.92 Å². The third kappa shape index (κ3) is 6.74. The second kappa shape index (κ2) is 11.7. The summed E-state index contributed by atoms with van der Waals surface area (Å²) < 4.78 is 0. The van der Waals surface area contributed by atoms with E-state index in [1.807, 2.05) is 41.3 Å². The van der Waals surface area contributed by atoms with Gasteiger partial charge in [-0.05, 0) is 50.1 Å². The first-order valence-electron chi connectivity index (χ1n) is 12.0. The maximum Gasteiger partial charge on any atom is 0.225 e. The van der Waals surface area contributed by atoms with Crippen LogP contribution in [0.4, 0.5) is 5.82 Å². The van der Waals surface area contributed by atoms with Crippen LogP contribution in [0.3, 0.4) is 0 Å². The first-order valence-corrected chi connectivity index (χ1v) is 12.0. The maximum atomic E-state index is 13.4. The summed E-state index contributed by atoms with van der Waals surface area (Å²) in [4.78, 5) is 41.0. The normalized spacial score (nSPS) is 21.2. The summed E-state index contributed by atoms with van der Waals surface area (Å²) in [6.07, 6.45) is 6.56. The van der Waals surface area contributed by atoms with Gasteiger partial charge in [-0.25, -0.2) is 4.98 Å². The number of aromatic nitrogens is 2. The van der Waals surface area contributed by atoms with Gasteiger partial charge in [-0.2, -0.15) is 0 Å². The molecule has 0 spiro atoms. The number of hydrogen-bond donors (Lipinski definition) is 1. The van der Waals surface area contributed by atoms with Crippen molar-refractivity contribution in [2.24, 2.45) is 5.92 Å². The zero-order chi connectivity index (χ0) is 22.9. The van der Waals surface area contributed by atoms with Crippen LogP contribution < -0.4 is 10.2 Å². The van der Waals surface area contributed by atoms with Crippen LogP contribution in [0.1, 0.15) is 31.4 Å². The van der Waals surface area contributed by atoms with E-state index in [-0.39, 0.29) is 17.7 Å². The minimum absolute atomic E-state index is 0.0538. The molecular formula is C25H34N6O2. The summed E-state index contributed by atoms with van der Waals surface area (Å²) in [6, 6.07) is 11.8. The third-order valence-electron chi connectivity index (χ3n) is 6.52. The highest BCUT2D eigenvalue weighted by Gasteiger charge is 2.28. The number of nitrogens with one attached hydrogen (secondary N) is 1. The first kappa shape index (κ1) is 23.2. The lowest BCUT2D eigenvalue weighted by molar-refractivity contribution is -0.136. The van der Waals surface area contributed by atoms with E-state index >= 15 is 0 Å². The van der Waals surface area contributed by atoms with Gasteiger partial charge in [0.15, 0.2) is 0 Å². The van der Waals surface area contributed by atoms with Crippen molar-refractivity contribution in [2.45, 2.75) is 32.2 Å². The van der Waals surface area contributed by atoms with Crippen molar-refractivity contribution < 1.29 is 9.59 Å². The topological polar surface area (TPSA) is 81.7 Å². The van der Waals surface area contributed by atoms with Crippen molar-refractivity contribution in [3.05, 3.63) is 54.5 Å². The smallest absolute Gasteiger partial charge is 0.225 e. The van der Waals surface area contributed by atoms with Gasteiger partial charge in [-0.3, -0.25) is 19.5 Å². The molecule has 2 aromatic heterocycles. The minimum Gasteiger partial charge on any atom is -0.356 e. The second-order valence-electron chi connectivity index (χ2n) is 8.83. The average molecular weight is 451 g/mol. The Bertz CT molecular complexity index is 886. The van der Waals surface area contributed by atoms with E-state index in [1.54, 1.807) is 12.4 Å². The molecule has 8 nitrogen and oxygen atoms in total. The number of pyridine rings is 2. The number of hydrogen-bond acceptors (Lipinski definition) is 6. The highest BCUT2D eigenvalue weighted by atomic mass is 16.2. The van der Waals surface area contributed by atoms with Crippen LogP contribution >= 0.6 is 0 Å². The van der Waals surface area contributed by atoms with Gasteiger partial charge < -0.3 is 15.1 Å². The molecule has 1 atom stereocenters. The Morgan fingerprint density at radius 2 is 1.73 bits per heavy atom. The van der Waals surface area contributed by atoms with E-state index in [2.05, 4.69) is 25.1 Å². The zero-order valence-corrected chi connectivity index (χ0v) is 19.2. The number of rotatable bonds is 4. The first-order chi connectivity index (χ1) is 16.2. The van der Waals surface area contributed by atoms with Crippen molar-refractivity contribution in [1.82, 2.24) is 25.1 Å². The van der Waals surface area contributed by atoms with Gasteiger partial charge in [0.05, 0.1) is 5.69 Å². The number of carbonyl (C=O) groups is 2. The Morgan fingerprint density at radius 3 is 2.45 bits per heavy atom. The van der Waals surface area contributed by atoms with Crippen molar-refractivity contribution in [1.29, 1.82) is 0 Å². The molecule has 2 aliphatic heterocycles. The monoisotopic (exact) mass is 450 g/mol. The van der Waals surface area contributed by atoms with Gasteiger partial charge >= 0.3 is 0 Å². The maximum absolute atomic E-state index is 13.4. The molecule has 8 heteroatoms. The molecule has 0 saturated carbocycles. The number of piperazine rings is 1. The summed E-state index contributed by atoms with van der Waals surface area (Å²) >= 11 is 0. The molecule has 1 N–H and O–H groups in total. The molecule has 33 heavy (non-hydrogen) atoms. The van der Waals surface area contributed by atoms with Gasteiger partial charge in [0.2, 0.25) is 11.8 Å². The van der Waals surface area contributed by atoms with E-state index in [0.29, 0.717) is 39.0 Å². The van der Waals surface area contributed by atoms with Gasteiger partial charge in [-0.15, -0.1) is 0 Å². The lowest BCUT2D eigenvalue weighted by Crippen LogP contribution is -2.51. The fourth-order valence-electron chi connectivity index (χ4n) is 4.63. The molecular weight excluding hydrogens is 416 g/mol. The van der Waals surface area contributed by atoms with Gasteiger partial charge in [0, 0.05) is 70.5 Å². The standard InChI is InChI=1S/C25H34N6O2/c32-24-10-15-29(20-22-7-1-3-11-26-22)14-5-6-21(9-13-28-24)25(33)31-18-16-30(17-19-31)23-8-2-4-12-27-23/h1-4,7-8,11-12,21H,5-6,9-10,13-20H2,(H,28,32). The third-order valence-corrected chi connectivity index (χ3v) is 6.52. The van der Waals surface area contributed by atoms with Crippen LogP contribution in [0.5, 0.6) is 0 Å². The molecule has 4 rings (SSSR count). The van der Waals surface area contributed by atoms with E-state index in [1.165, 1.54) is 0 Å². The van der Waals surface area contributed by atoms with Crippen LogP contribution in [0.2, 0.25) is 0 Å². The van der Waals surface area contributed by atoms with Crippen molar-refractivity contribution >= 4 is 17.6 Å². The highest BCUT2D eigenvalue weighted by Crippen LogP contribution is 2.19. The number of carbonyl (C=O) groups excluding carboxylic acids is 2. The van der Waals surface area contributed by atoms with E-state index in [4.69, 9.17) is 0 Å². The SMILES string of the molecule is O=C1CCN(Cc2ccccn2)CCCC(C(=O)N2CCN(c3ccccn3)CC2)CCN1. The molecule has 2 aliphatic rings. The number of anilines is 1. The van der Waals surface area contributed by atoms with E-state index < -0.39 is 0 Å². The fourth-order valence-corrected chi connectivity index (χ4v) is 4.63. The molecule has 2 saturated heterocycles. The van der Waals surface area contributed by atoms with Gasteiger partial charge in [-0.1, -0.05) is 12.1 Å². The number of nitrogens with zero attached hydrogens (tertiary/aromatic N) is 5. The molecule has 0 radical (unpaired) electrons. The molecule has 1 unspecified atom stereocenters. The van der Waals surface area contributed by atoms with E-state index in [0.717, 1.165) is 50.5 Å². The quantitative estimate of drug-likeness (QED) is 0.767. The molecule has 0 aromatic carbocycles. The average Bonchev–Trinajstić information content (AvgIpc) is 2.90. The van der Waals surface area contributed by atoms with Crippen LogP contribution in [0.15, 0.2) is 48.8 Å². The zero-order valence-electron chi connectivity index (χ0n) is 19.2. The molecule has 2 amide bonds. The summed E-state index contributed by atoms with van der Waals surface area (Å²) in [5.74, 6) is 1.19. The molecule has 0 bridgehead atoms. The lowest BCUT2D eigenvalue weighted by Gasteiger charge is -2.37. The minimum atomic E-state index is -0.0542. The predicted molar refractivity (Wildman–Crippen MR) is 128 cm³/mol. The van der Waals surface area contributed by atoms with Gasteiger partial charge in [0.25, 0.3) is 0 Å². The van der Waals surface area contributed by atoms with Crippen molar-refractivity contribution in [3.63, 3.8) is 0 Å².